The highest BCUT2D eigenvalue weighted by Crippen LogP contribution is 2.27. The van der Waals surface area contributed by atoms with E-state index in [-0.39, 0.29) is 22.2 Å². The third-order valence-electron chi connectivity index (χ3n) is 3.28. The number of ether oxygens (including phenoxy) is 1. The molecule has 6 nitrogen and oxygen atoms in total. The molecule has 0 N–H and O–H groups in total. The summed E-state index contributed by atoms with van der Waals surface area (Å²) >= 11 is 5.75. The summed E-state index contributed by atoms with van der Waals surface area (Å²) in [5, 5.41) is 10.9. The van der Waals surface area contributed by atoms with Gasteiger partial charge < -0.3 is 9.64 Å². The van der Waals surface area contributed by atoms with E-state index in [2.05, 4.69) is 0 Å². The van der Waals surface area contributed by atoms with Gasteiger partial charge in [-0.15, -0.1) is 0 Å². The number of rotatable bonds is 2. The molecule has 108 valence electrons. The van der Waals surface area contributed by atoms with Gasteiger partial charge in [0.2, 0.25) is 0 Å². The van der Waals surface area contributed by atoms with Gasteiger partial charge in [-0.2, -0.15) is 0 Å². The Balaban J connectivity index is 2.34. The molecular formula is C13H15ClN2O4. The van der Waals surface area contributed by atoms with Crippen LogP contribution in [-0.4, -0.2) is 41.0 Å². The molecule has 0 bridgehead atoms. The minimum atomic E-state index is -0.594. The van der Waals surface area contributed by atoms with E-state index in [0.29, 0.717) is 19.8 Å². The minimum absolute atomic E-state index is 0.0211. The van der Waals surface area contributed by atoms with Crippen LogP contribution in [0.1, 0.15) is 24.2 Å². The van der Waals surface area contributed by atoms with E-state index >= 15 is 0 Å². The van der Waals surface area contributed by atoms with Crippen LogP contribution in [0.15, 0.2) is 18.2 Å². The first-order valence-corrected chi connectivity index (χ1v) is 6.54. The maximum atomic E-state index is 12.5. The first-order valence-electron chi connectivity index (χ1n) is 6.16. The van der Waals surface area contributed by atoms with Crippen molar-refractivity contribution < 1.29 is 14.5 Å². The van der Waals surface area contributed by atoms with Gasteiger partial charge in [0, 0.05) is 18.2 Å². The zero-order chi connectivity index (χ0) is 14.9. The van der Waals surface area contributed by atoms with Crippen molar-refractivity contribution in [2.45, 2.75) is 19.4 Å². The number of halogens is 1. The van der Waals surface area contributed by atoms with Crippen LogP contribution in [0, 0.1) is 10.1 Å². The van der Waals surface area contributed by atoms with E-state index < -0.39 is 10.5 Å². The smallest absolute Gasteiger partial charge is 0.288 e. The highest BCUT2D eigenvalue weighted by Gasteiger charge is 2.35. The molecule has 0 saturated carbocycles. The number of morpholine rings is 1. The molecule has 7 heteroatoms. The molecule has 0 atom stereocenters. The fourth-order valence-corrected chi connectivity index (χ4v) is 2.36. The molecule has 1 saturated heterocycles. The topological polar surface area (TPSA) is 72.7 Å². The predicted molar refractivity (Wildman–Crippen MR) is 74.0 cm³/mol. The number of hydrogen-bond donors (Lipinski definition) is 0. The van der Waals surface area contributed by atoms with Crippen LogP contribution in [0.25, 0.3) is 0 Å². The van der Waals surface area contributed by atoms with Gasteiger partial charge in [-0.25, -0.2) is 0 Å². The van der Waals surface area contributed by atoms with Crippen LogP contribution in [0.4, 0.5) is 5.69 Å². The molecule has 0 unspecified atom stereocenters. The normalized spacial score (nSPS) is 17.9. The molecule has 2 rings (SSSR count). The first kappa shape index (κ1) is 14.7. The SMILES string of the molecule is CC1(C)COCCN1C(=O)c1ccc(Cl)c([N+](=O)[O-])c1. The summed E-state index contributed by atoms with van der Waals surface area (Å²) in [6.07, 6.45) is 0. The van der Waals surface area contributed by atoms with E-state index in [1.807, 2.05) is 13.8 Å². The second-order valence-electron chi connectivity index (χ2n) is 5.25. The van der Waals surface area contributed by atoms with Gasteiger partial charge in [-0.3, -0.25) is 14.9 Å². The molecule has 1 aliphatic rings. The van der Waals surface area contributed by atoms with E-state index in [1.165, 1.54) is 18.2 Å². The second kappa shape index (κ2) is 5.38. The van der Waals surface area contributed by atoms with Crippen molar-refractivity contribution in [3.05, 3.63) is 38.9 Å². The van der Waals surface area contributed by atoms with Crippen molar-refractivity contribution in [2.75, 3.05) is 19.8 Å². The Hall–Kier alpha value is -1.66. The van der Waals surface area contributed by atoms with Gasteiger partial charge >= 0.3 is 0 Å². The number of nitro benzene ring substituents is 1. The highest BCUT2D eigenvalue weighted by molar-refractivity contribution is 6.32. The highest BCUT2D eigenvalue weighted by atomic mass is 35.5. The minimum Gasteiger partial charge on any atom is -0.377 e. The van der Waals surface area contributed by atoms with Gasteiger partial charge in [0.05, 0.1) is 23.7 Å². The van der Waals surface area contributed by atoms with Gasteiger partial charge in [0.15, 0.2) is 0 Å². The lowest BCUT2D eigenvalue weighted by atomic mass is 10.0. The fraction of sp³-hybridized carbons (Fsp3) is 0.462. The maximum Gasteiger partial charge on any atom is 0.288 e. The molecule has 20 heavy (non-hydrogen) atoms. The van der Waals surface area contributed by atoms with Crippen LogP contribution >= 0.6 is 11.6 Å². The number of nitrogens with zero attached hydrogens (tertiary/aromatic N) is 2. The Morgan fingerprint density at radius 2 is 2.20 bits per heavy atom. The lowest BCUT2D eigenvalue weighted by Gasteiger charge is -2.42. The zero-order valence-corrected chi connectivity index (χ0v) is 12.0. The molecule has 0 spiro atoms. The second-order valence-corrected chi connectivity index (χ2v) is 5.65. The molecule has 0 aromatic heterocycles. The largest absolute Gasteiger partial charge is 0.377 e. The van der Waals surface area contributed by atoms with Crippen LogP contribution in [0.2, 0.25) is 5.02 Å². The van der Waals surface area contributed by atoms with E-state index in [9.17, 15) is 14.9 Å². The van der Waals surface area contributed by atoms with Crippen LogP contribution in [-0.2, 0) is 4.74 Å². The maximum absolute atomic E-state index is 12.5. The van der Waals surface area contributed by atoms with Crippen molar-refractivity contribution >= 4 is 23.2 Å². The number of nitro groups is 1. The third kappa shape index (κ3) is 2.76. The average Bonchev–Trinajstić information content (AvgIpc) is 2.37. The predicted octanol–water partition coefficient (Wildman–Crippen LogP) is 2.50. The Bertz CT molecular complexity index is 559. The van der Waals surface area contributed by atoms with Crippen molar-refractivity contribution in [3.8, 4) is 0 Å². The summed E-state index contributed by atoms with van der Waals surface area (Å²) in [6.45, 7) is 5.16. The molecule has 1 heterocycles. The summed E-state index contributed by atoms with van der Waals surface area (Å²) < 4.78 is 5.36. The van der Waals surface area contributed by atoms with E-state index in [4.69, 9.17) is 16.3 Å². The molecular weight excluding hydrogens is 284 g/mol. The molecule has 1 amide bonds. The summed E-state index contributed by atoms with van der Waals surface area (Å²) in [5.74, 6) is -0.252. The van der Waals surface area contributed by atoms with E-state index in [1.54, 1.807) is 4.90 Å². The zero-order valence-electron chi connectivity index (χ0n) is 11.3. The van der Waals surface area contributed by atoms with Gasteiger partial charge in [0.25, 0.3) is 11.6 Å². The Labute approximate surface area is 121 Å². The Morgan fingerprint density at radius 1 is 1.50 bits per heavy atom. The number of hydrogen-bond acceptors (Lipinski definition) is 4. The third-order valence-corrected chi connectivity index (χ3v) is 3.60. The molecule has 1 fully saturated rings. The summed E-state index contributed by atoms with van der Waals surface area (Å²) in [4.78, 5) is 24.5. The van der Waals surface area contributed by atoms with Crippen molar-refractivity contribution in [2.24, 2.45) is 0 Å². The number of carbonyl (C=O) groups is 1. The van der Waals surface area contributed by atoms with Gasteiger partial charge in [0.1, 0.15) is 5.02 Å². The molecule has 1 aromatic rings. The lowest BCUT2D eigenvalue weighted by molar-refractivity contribution is -0.384. The fourth-order valence-electron chi connectivity index (χ4n) is 2.18. The lowest BCUT2D eigenvalue weighted by Crippen LogP contribution is -2.55. The summed E-state index contributed by atoms with van der Waals surface area (Å²) in [6, 6.07) is 4.10. The van der Waals surface area contributed by atoms with Crippen LogP contribution < -0.4 is 0 Å². The monoisotopic (exact) mass is 298 g/mol. The molecule has 0 radical (unpaired) electrons. The standard InChI is InChI=1S/C13H15ClN2O4/c1-13(2)8-20-6-5-15(13)12(17)9-3-4-10(14)11(7-9)16(18)19/h3-4,7H,5-6,8H2,1-2H3. The average molecular weight is 299 g/mol. The van der Waals surface area contributed by atoms with E-state index in [0.717, 1.165) is 0 Å². The van der Waals surface area contributed by atoms with Gasteiger partial charge in [-0.05, 0) is 26.0 Å². The first-order chi connectivity index (χ1) is 9.33. The van der Waals surface area contributed by atoms with Crippen molar-refractivity contribution in [1.29, 1.82) is 0 Å². The van der Waals surface area contributed by atoms with Crippen LogP contribution in [0.3, 0.4) is 0 Å². The quantitative estimate of drug-likeness (QED) is 0.621. The van der Waals surface area contributed by atoms with Crippen molar-refractivity contribution in [1.82, 2.24) is 4.90 Å². The molecule has 1 aliphatic heterocycles. The Morgan fingerprint density at radius 3 is 2.80 bits per heavy atom. The molecule has 0 aliphatic carbocycles. The summed E-state index contributed by atoms with van der Waals surface area (Å²) in [7, 11) is 0. The van der Waals surface area contributed by atoms with Gasteiger partial charge in [-0.1, -0.05) is 11.6 Å². The number of amides is 1. The number of benzene rings is 1. The number of carbonyl (C=O) groups excluding carboxylic acids is 1. The van der Waals surface area contributed by atoms with Crippen molar-refractivity contribution in [3.63, 3.8) is 0 Å². The summed E-state index contributed by atoms with van der Waals surface area (Å²) in [5.41, 5.74) is -0.441. The Kier molecular flexibility index (Phi) is 3.96. The molecule has 1 aromatic carbocycles. The van der Waals surface area contributed by atoms with Crippen LogP contribution in [0.5, 0.6) is 0 Å².